The first-order chi connectivity index (χ1) is 10.0. The van der Waals surface area contributed by atoms with Gasteiger partial charge in [-0.3, -0.25) is 4.79 Å². The van der Waals surface area contributed by atoms with Crippen molar-refractivity contribution in [1.82, 2.24) is 5.32 Å². The number of rotatable bonds is 5. The van der Waals surface area contributed by atoms with Crippen molar-refractivity contribution in [3.8, 4) is 0 Å². The Kier molecular flexibility index (Phi) is 7.74. The fraction of sp³-hybridized carbons (Fsp3) is 0.588. The molecule has 0 radical (unpaired) electrons. The van der Waals surface area contributed by atoms with Crippen LogP contribution in [0.2, 0.25) is 0 Å². The number of amides is 1. The molecule has 3 atom stereocenters. The Bertz CT molecular complexity index is 465. The predicted molar refractivity (Wildman–Crippen MR) is 97.5 cm³/mol. The van der Waals surface area contributed by atoms with Crippen LogP contribution in [-0.4, -0.2) is 23.0 Å². The second-order valence-electron chi connectivity index (χ2n) is 5.98. The van der Waals surface area contributed by atoms with E-state index in [9.17, 15) is 4.79 Å². The van der Waals surface area contributed by atoms with Crippen molar-refractivity contribution in [3.05, 3.63) is 35.9 Å². The van der Waals surface area contributed by atoms with Crippen molar-refractivity contribution in [2.45, 2.75) is 56.4 Å². The summed E-state index contributed by atoms with van der Waals surface area (Å²) in [6, 6.07) is 9.86. The van der Waals surface area contributed by atoms with Crippen LogP contribution in [-0.2, 0) is 10.3 Å². The molecule has 0 aromatic heterocycles. The normalized spacial score (nSPS) is 24.0. The van der Waals surface area contributed by atoms with E-state index in [0.717, 1.165) is 24.2 Å². The summed E-state index contributed by atoms with van der Waals surface area (Å²) in [6.45, 7) is 3.98. The standard InChI is InChI=1S/C17H26N2OS.ClH/c1-3-21-15-11-7-10-14(12-15)19-16(20)17(2,18)13-8-5-4-6-9-13;/h4-6,8-9,14-15H,3,7,10-12,18H2,1-2H3,(H,19,20);1H. The number of hydrogen-bond acceptors (Lipinski definition) is 3. The number of carbonyl (C=O) groups excluding carboxylic acids is 1. The van der Waals surface area contributed by atoms with Crippen molar-refractivity contribution >= 4 is 30.1 Å². The minimum atomic E-state index is -0.966. The lowest BCUT2D eigenvalue weighted by Gasteiger charge is -2.32. The highest BCUT2D eigenvalue weighted by Crippen LogP contribution is 2.29. The molecule has 5 heteroatoms. The minimum Gasteiger partial charge on any atom is -0.351 e. The highest BCUT2D eigenvalue weighted by molar-refractivity contribution is 7.99. The zero-order chi connectivity index (χ0) is 15.3. The van der Waals surface area contributed by atoms with Gasteiger partial charge in [0, 0.05) is 11.3 Å². The van der Waals surface area contributed by atoms with Gasteiger partial charge in [-0.2, -0.15) is 11.8 Å². The molecular weight excluding hydrogens is 316 g/mol. The number of hydrogen-bond donors (Lipinski definition) is 2. The van der Waals surface area contributed by atoms with E-state index >= 15 is 0 Å². The van der Waals surface area contributed by atoms with Crippen LogP contribution >= 0.6 is 24.2 Å². The topological polar surface area (TPSA) is 55.1 Å². The number of benzene rings is 1. The highest BCUT2D eigenvalue weighted by Gasteiger charge is 2.33. The van der Waals surface area contributed by atoms with E-state index in [4.69, 9.17) is 5.73 Å². The van der Waals surface area contributed by atoms with Crippen LogP contribution in [0.25, 0.3) is 0 Å². The van der Waals surface area contributed by atoms with Gasteiger partial charge in [-0.25, -0.2) is 0 Å². The summed E-state index contributed by atoms with van der Waals surface area (Å²) >= 11 is 2.00. The van der Waals surface area contributed by atoms with Gasteiger partial charge in [0.05, 0.1) is 0 Å². The molecule has 3 unspecified atom stereocenters. The van der Waals surface area contributed by atoms with Crippen molar-refractivity contribution in [1.29, 1.82) is 0 Å². The lowest BCUT2D eigenvalue weighted by atomic mass is 9.90. The first-order valence-electron chi connectivity index (χ1n) is 7.81. The fourth-order valence-electron chi connectivity index (χ4n) is 2.91. The van der Waals surface area contributed by atoms with Gasteiger partial charge >= 0.3 is 0 Å². The van der Waals surface area contributed by atoms with Crippen molar-refractivity contribution in [2.24, 2.45) is 5.73 Å². The maximum Gasteiger partial charge on any atom is 0.244 e. The van der Waals surface area contributed by atoms with Crippen molar-refractivity contribution < 1.29 is 4.79 Å². The van der Waals surface area contributed by atoms with Crippen LogP contribution in [0.1, 0.15) is 45.1 Å². The predicted octanol–water partition coefficient (Wildman–Crippen LogP) is 3.46. The molecule has 0 bridgehead atoms. The second-order valence-corrected chi connectivity index (χ2v) is 7.56. The highest BCUT2D eigenvalue weighted by atomic mass is 35.5. The quantitative estimate of drug-likeness (QED) is 0.861. The molecule has 1 aromatic rings. The first-order valence-corrected chi connectivity index (χ1v) is 8.86. The summed E-state index contributed by atoms with van der Waals surface area (Å²) in [6.07, 6.45) is 4.59. The van der Waals surface area contributed by atoms with E-state index in [1.165, 1.54) is 12.8 Å². The van der Waals surface area contributed by atoms with Gasteiger partial charge in [0.2, 0.25) is 5.91 Å². The number of halogens is 1. The van der Waals surface area contributed by atoms with Gasteiger partial charge in [0.1, 0.15) is 5.54 Å². The molecule has 0 heterocycles. The van der Waals surface area contributed by atoms with E-state index in [0.29, 0.717) is 5.25 Å². The van der Waals surface area contributed by atoms with Gasteiger partial charge in [0.15, 0.2) is 0 Å². The zero-order valence-electron chi connectivity index (χ0n) is 13.4. The van der Waals surface area contributed by atoms with Crippen molar-refractivity contribution in [3.63, 3.8) is 0 Å². The molecule has 1 aromatic carbocycles. The molecule has 3 N–H and O–H groups in total. The smallest absolute Gasteiger partial charge is 0.244 e. The Morgan fingerprint density at radius 3 is 2.68 bits per heavy atom. The molecule has 0 aliphatic heterocycles. The monoisotopic (exact) mass is 342 g/mol. The van der Waals surface area contributed by atoms with Crippen molar-refractivity contribution in [2.75, 3.05) is 5.75 Å². The van der Waals surface area contributed by atoms with Gasteiger partial charge in [-0.05, 0) is 37.5 Å². The SMILES string of the molecule is CCSC1CCCC(NC(=O)C(C)(N)c2ccccc2)C1.Cl. The Morgan fingerprint density at radius 2 is 2.05 bits per heavy atom. The molecule has 1 fully saturated rings. The maximum absolute atomic E-state index is 12.6. The number of carbonyl (C=O) groups is 1. The number of nitrogens with one attached hydrogen (secondary N) is 1. The molecule has 1 saturated carbocycles. The minimum absolute atomic E-state index is 0. The molecular formula is C17H27ClN2OS. The zero-order valence-corrected chi connectivity index (χ0v) is 15.0. The molecule has 124 valence electrons. The Morgan fingerprint density at radius 1 is 1.36 bits per heavy atom. The average Bonchev–Trinajstić information content (AvgIpc) is 2.49. The van der Waals surface area contributed by atoms with Crippen LogP contribution < -0.4 is 11.1 Å². The summed E-state index contributed by atoms with van der Waals surface area (Å²) < 4.78 is 0. The van der Waals surface area contributed by atoms with Crippen LogP contribution in [0.3, 0.4) is 0 Å². The number of nitrogens with two attached hydrogens (primary N) is 1. The molecule has 0 spiro atoms. The third-order valence-corrected chi connectivity index (χ3v) is 5.44. The van der Waals surface area contributed by atoms with E-state index < -0.39 is 5.54 Å². The fourth-order valence-corrected chi connectivity index (χ4v) is 4.09. The molecule has 1 amide bonds. The summed E-state index contributed by atoms with van der Waals surface area (Å²) in [4.78, 5) is 12.6. The molecule has 2 rings (SSSR count). The Balaban J connectivity index is 0.00000242. The molecule has 1 aliphatic carbocycles. The van der Waals surface area contributed by atoms with E-state index in [2.05, 4.69) is 12.2 Å². The van der Waals surface area contributed by atoms with Gasteiger partial charge in [0.25, 0.3) is 0 Å². The van der Waals surface area contributed by atoms with Crippen LogP contribution in [0, 0.1) is 0 Å². The third kappa shape index (κ3) is 4.90. The maximum atomic E-state index is 12.6. The molecule has 1 aliphatic rings. The van der Waals surface area contributed by atoms with Gasteiger partial charge in [-0.15, -0.1) is 12.4 Å². The largest absolute Gasteiger partial charge is 0.351 e. The lowest BCUT2D eigenvalue weighted by Crippen LogP contribution is -2.52. The van der Waals surface area contributed by atoms with Crippen LogP contribution in [0.5, 0.6) is 0 Å². The summed E-state index contributed by atoms with van der Waals surface area (Å²) in [5.74, 6) is 1.07. The number of thioether (sulfide) groups is 1. The van der Waals surface area contributed by atoms with E-state index in [1.807, 2.05) is 42.1 Å². The Hall–Kier alpha value is -0.710. The summed E-state index contributed by atoms with van der Waals surface area (Å²) in [7, 11) is 0. The third-order valence-electron chi connectivity index (χ3n) is 4.21. The lowest BCUT2D eigenvalue weighted by molar-refractivity contribution is -0.127. The summed E-state index contributed by atoms with van der Waals surface area (Å²) in [5, 5.41) is 3.84. The first kappa shape index (κ1) is 19.3. The second kappa shape index (κ2) is 8.80. The van der Waals surface area contributed by atoms with Crippen LogP contribution in [0.15, 0.2) is 30.3 Å². The molecule has 22 heavy (non-hydrogen) atoms. The van der Waals surface area contributed by atoms with Crippen LogP contribution in [0.4, 0.5) is 0 Å². The van der Waals surface area contributed by atoms with Gasteiger partial charge < -0.3 is 11.1 Å². The molecule has 0 saturated heterocycles. The van der Waals surface area contributed by atoms with E-state index in [1.54, 1.807) is 6.92 Å². The molecule has 3 nitrogen and oxygen atoms in total. The summed E-state index contributed by atoms with van der Waals surface area (Å²) in [5.41, 5.74) is 6.17. The Labute approximate surface area is 144 Å². The van der Waals surface area contributed by atoms with E-state index in [-0.39, 0.29) is 24.4 Å². The van der Waals surface area contributed by atoms with Gasteiger partial charge in [-0.1, -0.05) is 43.7 Å². The average molecular weight is 343 g/mol.